The standard InChI is InChI=1S/C21H19N3O4/c22-13(9-11-23-18(25)14-5-1-2-6-15(14)19(23)26)10-12-24-20(27)16-7-3-4-8-17(16)21(24)28/h1-8,13H,9-12,22H2. The Morgan fingerprint density at radius 1 is 0.607 bits per heavy atom. The monoisotopic (exact) mass is 377 g/mol. The lowest BCUT2D eigenvalue weighted by atomic mass is 10.1. The number of rotatable bonds is 6. The maximum Gasteiger partial charge on any atom is 0.261 e. The summed E-state index contributed by atoms with van der Waals surface area (Å²) in [5, 5.41) is 0. The molecule has 2 aromatic rings. The van der Waals surface area contributed by atoms with Gasteiger partial charge in [0.05, 0.1) is 22.3 Å². The van der Waals surface area contributed by atoms with Crippen molar-refractivity contribution in [1.82, 2.24) is 9.80 Å². The molecule has 0 radical (unpaired) electrons. The van der Waals surface area contributed by atoms with E-state index >= 15 is 0 Å². The van der Waals surface area contributed by atoms with E-state index in [2.05, 4.69) is 0 Å². The van der Waals surface area contributed by atoms with Crippen molar-refractivity contribution < 1.29 is 19.2 Å². The van der Waals surface area contributed by atoms with Crippen molar-refractivity contribution in [2.75, 3.05) is 13.1 Å². The highest BCUT2D eigenvalue weighted by Gasteiger charge is 2.36. The number of fused-ring (bicyclic) bond motifs is 2. The summed E-state index contributed by atoms with van der Waals surface area (Å²) in [6.07, 6.45) is 0.795. The molecule has 0 spiro atoms. The highest BCUT2D eigenvalue weighted by molar-refractivity contribution is 6.22. The molecule has 0 saturated heterocycles. The van der Waals surface area contributed by atoms with Crippen LogP contribution in [0.3, 0.4) is 0 Å². The molecule has 7 heteroatoms. The SMILES string of the molecule is NC(CCN1C(=O)c2ccccc2C1=O)CCN1C(=O)c2ccccc2C1=O. The van der Waals surface area contributed by atoms with E-state index in [4.69, 9.17) is 5.73 Å². The van der Waals surface area contributed by atoms with Crippen LogP contribution in [0.15, 0.2) is 48.5 Å². The molecular weight excluding hydrogens is 358 g/mol. The maximum absolute atomic E-state index is 12.4. The third-order valence-electron chi connectivity index (χ3n) is 5.20. The molecule has 2 N–H and O–H groups in total. The van der Waals surface area contributed by atoms with Crippen LogP contribution in [0.4, 0.5) is 0 Å². The van der Waals surface area contributed by atoms with Crippen LogP contribution in [-0.2, 0) is 0 Å². The fourth-order valence-electron chi connectivity index (χ4n) is 3.62. The molecule has 0 saturated carbocycles. The molecule has 7 nitrogen and oxygen atoms in total. The fourth-order valence-corrected chi connectivity index (χ4v) is 3.62. The quantitative estimate of drug-likeness (QED) is 0.772. The zero-order valence-corrected chi connectivity index (χ0v) is 15.1. The average Bonchev–Trinajstić information content (AvgIpc) is 3.10. The van der Waals surface area contributed by atoms with E-state index in [0.717, 1.165) is 0 Å². The van der Waals surface area contributed by atoms with Gasteiger partial charge in [-0.05, 0) is 37.1 Å². The minimum absolute atomic E-state index is 0.204. The molecule has 4 amide bonds. The summed E-state index contributed by atoms with van der Waals surface area (Å²) in [5.74, 6) is -1.25. The summed E-state index contributed by atoms with van der Waals surface area (Å²) < 4.78 is 0. The van der Waals surface area contributed by atoms with Crippen molar-refractivity contribution in [1.29, 1.82) is 0 Å². The summed E-state index contributed by atoms with van der Waals surface area (Å²) in [4.78, 5) is 51.9. The van der Waals surface area contributed by atoms with E-state index < -0.39 is 0 Å². The van der Waals surface area contributed by atoms with Crippen LogP contribution in [0.5, 0.6) is 0 Å². The second-order valence-corrected chi connectivity index (χ2v) is 6.95. The van der Waals surface area contributed by atoms with E-state index in [1.807, 2.05) is 0 Å². The number of hydrogen-bond donors (Lipinski definition) is 1. The molecule has 0 bridgehead atoms. The maximum atomic E-state index is 12.4. The third-order valence-corrected chi connectivity index (χ3v) is 5.20. The van der Waals surface area contributed by atoms with Gasteiger partial charge in [0.2, 0.25) is 0 Å². The zero-order chi connectivity index (χ0) is 19.8. The van der Waals surface area contributed by atoms with Gasteiger partial charge < -0.3 is 5.73 Å². The van der Waals surface area contributed by atoms with Gasteiger partial charge in [-0.2, -0.15) is 0 Å². The molecule has 0 atom stereocenters. The number of carbonyl (C=O) groups excluding carboxylic acids is 4. The summed E-state index contributed by atoms with van der Waals surface area (Å²) in [7, 11) is 0. The van der Waals surface area contributed by atoms with Gasteiger partial charge in [-0.25, -0.2) is 0 Å². The van der Waals surface area contributed by atoms with E-state index in [0.29, 0.717) is 35.1 Å². The first kappa shape index (κ1) is 18.1. The molecule has 28 heavy (non-hydrogen) atoms. The van der Waals surface area contributed by atoms with Gasteiger partial charge in [0.15, 0.2) is 0 Å². The number of amides is 4. The second-order valence-electron chi connectivity index (χ2n) is 6.95. The van der Waals surface area contributed by atoms with Crippen molar-refractivity contribution >= 4 is 23.6 Å². The van der Waals surface area contributed by atoms with Crippen molar-refractivity contribution in [2.24, 2.45) is 5.73 Å². The Bertz CT molecular complexity index is 851. The smallest absolute Gasteiger partial charge is 0.261 e. The highest BCUT2D eigenvalue weighted by atomic mass is 16.2. The van der Waals surface area contributed by atoms with Crippen molar-refractivity contribution in [3.8, 4) is 0 Å². The highest BCUT2D eigenvalue weighted by Crippen LogP contribution is 2.24. The van der Waals surface area contributed by atoms with Crippen LogP contribution in [-0.4, -0.2) is 52.6 Å². The second kappa shape index (κ2) is 7.01. The van der Waals surface area contributed by atoms with Gasteiger partial charge in [0.1, 0.15) is 0 Å². The molecule has 2 aliphatic heterocycles. The lowest BCUT2D eigenvalue weighted by molar-refractivity contribution is 0.0647. The molecule has 2 aliphatic rings. The largest absolute Gasteiger partial charge is 0.328 e. The number of carbonyl (C=O) groups is 4. The first-order chi connectivity index (χ1) is 13.5. The van der Waals surface area contributed by atoms with E-state index in [1.165, 1.54) is 9.80 Å². The lowest BCUT2D eigenvalue weighted by Crippen LogP contribution is -2.37. The van der Waals surface area contributed by atoms with E-state index in [-0.39, 0.29) is 42.8 Å². The van der Waals surface area contributed by atoms with Crippen LogP contribution in [0.25, 0.3) is 0 Å². The number of nitrogens with two attached hydrogens (primary N) is 1. The number of hydrogen-bond acceptors (Lipinski definition) is 5. The average molecular weight is 377 g/mol. The van der Waals surface area contributed by atoms with E-state index in [9.17, 15) is 19.2 Å². The summed E-state index contributed by atoms with van der Waals surface area (Å²) >= 11 is 0. The summed E-state index contributed by atoms with van der Waals surface area (Å²) in [6.45, 7) is 0.408. The van der Waals surface area contributed by atoms with Crippen molar-refractivity contribution in [2.45, 2.75) is 18.9 Å². The van der Waals surface area contributed by atoms with E-state index in [1.54, 1.807) is 48.5 Å². The minimum atomic E-state index is -0.353. The van der Waals surface area contributed by atoms with Gasteiger partial charge >= 0.3 is 0 Å². The first-order valence-corrected chi connectivity index (χ1v) is 9.15. The van der Waals surface area contributed by atoms with Gasteiger partial charge in [-0.1, -0.05) is 24.3 Å². The Hall–Kier alpha value is -3.32. The van der Waals surface area contributed by atoms with Crippen LogP contribution in [0, 0.1) is 0 Å². The number of imide groups is 2. The topological polar surface area (TPSA) is 101 Å². The van der Waals surface area contributed by atoms with Crippen LogP contribution in [0.2, 0.25) is 0 Å². The molecule has 0 aromatic heterocycles. The Kier molecular flexibility index (Phi) is 4.52. The molecule has 0 aliphatic carbocycles. The predicted molar refractivity (Wildman–Crippen MR) is 101 cm³/mol. The molecule has 4 rings (SSSR count). The third kappa shape index (κ3) is 2.90. The van der Waals surface area contributed by atoms with Gasteiger partial charge in [0.25, 0.3) is 23.6 Å². The van der Waals surface area contributed by atoms with Crippen LogP contribution < -0.4 is 5.73 Å². The molecule has 2 heterocycles. The van der Waals surface area contributed by atoms with Crippen molar-refractivity contribution in [3.63, 3.8) is 0 Å². The number of benzene rings is 2. The minimum Gasteiger partial charge on any atom is -0.328 e. The van der Waals surface area contributed by atoms with Gasteiger partial charge in [-0.3, -0.25) is 29.0 Å². The summed E-state index contributed by atoms with van der Waals surface area (Å²) in [6, 6.07) is 13.1. The summed E-state index contributed by atoms with van der Waals surface area (Å²) in [5.41, 5.74) is 7.76. The zero-order valence-electron chi connectivity index (χ0n) is 15.1. The van der Waals surface area contributed by atoms with Crippen LogP contribution >= 0.6 is 0 Å². The van der Waals surface area contributed by atoms with Crippen LogP contribution in [0.1, 0.15) is 54.3 Å². The molecule has 0 fully saturated rings. The Balaban J connectivity index is 1.32. The molecular formula is C21H19N3O4. The predicted octanol–water partition coefficient (Wildman–Crippen LogP) is 1.69. The Labute approximate surface area is 161 Å². The number of nitrogens with zero attached hydrogens (tertiary/aromatic N) is 2. The van der Waals surface area contributed by atoms with Gasteiger partial charge in [-0.15, -0.1) is 0 Å². The lowest BCUT2D eigenvalue weighted by Gasteiger charge is -2.20. The molecule has 2 aromatic carbocycles. The first-order valence-electron chi connectivity index (χ1n) is 9.15. The fraction of sp³-hybridized carbons (Fsp3) is 0.238. The normalized spacial score (nSPS) is 15.6. The Morgan fingerprint density at radius 3 is 1.18 bits per heavy atom. The Morgan fingerprint density at radius 2 is 0.893 bits per heavy atom. The molecule has 142 valence electrons. The van der Waals surface area contributed by atoms with Gasteiger partial charge in [0, 0.05) is 19.1 Å². The molecule has 0 unspecified atom stereocenters. The van der Waals surface area contributed by atoms with Crippen molar-refractivity contribution in [3.05, 3.63) is 70.8 Å².